The summed E-state index contributed by atoms with van der Waals surface area (Å²) in [5.41, 5.74) is -0.965. The van der Waals surface area contributed by atoms with Crippen molar-refractivity contribution in [2.75, 3.05) is 7.11 Å². The second-order valence-electron chi connectivity index (χ2n) is 6.46. The van der Waals surface area contributed by atoms with Crippen molar-refractivity contribution >= 4 is 16.7 Å². The predicted molar refractivity (Wildman–Crippen MR) is 98.8 cm³/mol. The fourth-order valence-electron chi connectivity index (χ4n) is 3.04. The van der Waals surface area contributed by atoms with Gasteiger partial charge in [-0.15, -0.1) is 0 Å². The molecule has 0 aromatic carbocycles. The Hall–Kier alpha value is -3.56. The highest BCUT2D eigenvalue weighted by atomic mass is 19.1. The number of nitrogens with zero attached hydrogens (tertiary/aromatic N) is 4. The maximum Gasteiger partial charge on any atom is 0.376 e. The van der Waals surface area contributed by atoms with Crippen LogP contribution in [0.2, 0.25) is 0 Å². The molecule has 3 rings (SSSR count). The second kappa shape index (κ2) is 6.87. The average molecular weight is 388 g/mol. The highest BCUT2D eigenvalue weighted by Crippen LogP contribution is 2.35. The normalized spacial score (nSPS) is 11.2. The van der Waals surface area contributed by atoms with Crippen LogP contribution in [0.1, 0.15) is 31.0 Å². The van der Waals surface area contributed by atoms with Crippen molar-refractivity contribution in [3.05, 3.63) is 55.9 Å². The van der Waals surface area contributed by atoms with Crippen LogP contribution in [-0.2, 0) is 0 Å². The third-order valence-corrected chi connectivity index (χ3v) is 4.32. The minimum atomic E-state index is -1.10. The van der Waals surface area contributed by atoms with E-state index >= 15 is 0 Å². The number of nitro groups is 1. The van der Waals surface area contributed by atoms with Gasteiger partial charge in [0.15, 0.2) is 11.5 Å². The summed E-state index contributed by atoms with van der Waals surface area (Å²) >= 11 is 0. The average Bonchev–Trinajstić information content (AvgIpc) is 2.62. The zero-order valence-electron chi connectivity index (χ0n) is 15.6. The van der Waals surface area contributed by atoms with Gasteiger partial charge in [0.05, 0.1) is 28.8 Å². The summed E-state index contributed by atoms with van der Waals surface area (Å²) in [7, 11) is 1.19. The van der Waals surface area contributed by atoms with Crippen molar-refractivity contribution in [2.45, 2.75) is 26.7 Å². The van der Waals surface area contributed by atoms with Gasteiger partial charge in [-0.2, -0.15) is 4.98 Å². The minimum absolute atomic E-state index is 0.132. The fraction of sp³-hybridized carbons (Fsp3) is 0.278. The molecule has 28 heavy (non-hydrogen) atoms. The van der Waals surface area contributed by atoms with Gasteiger partial charge in [-0.3, -0.25) is 24.5 Å². The Morgan fingerprint density at radius 2 is 2.07 bits per heavy atom. The number of rotatable bonds is 4. The monoisotopic (exact) mass is 388 g/mol. The van der Waals surface area contributed by atoms with Crippen LogP contribution >= 0.6 is 0 Å². The Morgan fingerprint density at radius 1 is 1.39 bits per heavy atom. The van der Waals surface area contributed by atoms with E-state index in [1.54, 1.807) is 19.2 Å². The molecule has 0 radical (unpaired) electrons. The first-order chi connectivity index (χ1) is 13.2. The molecule has 0 atom stereocenters. The van der Waals surface area contributed by atoms with Gasteiger partial charge in [-0.05, 0) is 30.5 Å². The third kappa shape index (κ3) is 2.82. The molecule has 9 nitrogen and oxygen atoms in total. The van der Waals surface area contributed by atoms with Crippen LogP contribution in [0, 0.1) is 22.9 Å². The van der Waals surface area contributed by atoms with Crippen molar-refractivity contribution in [3.63, 3.8) is 0 Å². The van der Waals surface area contributed by atoms with E-state index in [-0.39, 0.29) is 22.6 Å². The lowest BCUT2D eigenvalue weighted by atomic mass is 10.0. The van der Waals surface area contributed by atoms with E-state index in [0.29, 0.717) is 11.3 Å². The lowest BCUT2D eigenvalue weighted by molar-refractivity contribution is -0.387. The molecule has 0 amide bonds. The fourth-order valence-corrected chi connectivity index (χ4v) is 3.04. The molecule has 3 heterocycles. The summed E-state index contributed by atoms with van der Waals surface area (Å²) in [6.45, 7) is 5.41. The third-order valence-electron chi connectivity index (χ3n) is 4.32. The molecular formula is C18H17FN4O5. The molecule has 10 heteroatoms. The van der Waals surface area contributed by atoms with Crippen LogP contribution in [0.4, 0.5) is 10.1 Å². The molecule has 0 saturated carbocycles. The number of methoxy groups -OCH3 is 1. The number of aryl methyl sites for hydroxylation is 1. The molecule has 0 unspecified atom stereocenters. The number of aromatic hydroxyl groups is 1. The molecule has 3 aromatic rings. The molecule has 3 aromatic heterocycles. The Bertz CT molecular complexity index is 1170. The maximum atomic E-state index is 14.2. The first-order valence-corrected chi connectivity index (χ1v) is 8.31. The second-order valence-corrected chi connectivity index (χ2v) is 6.46. The largest absolute Gasteiger partial charge is 0.501 e. The summed E-state index contributed by atoms with van der Waals surface area (Å²) in [4.78, 5) is 31.8. The summed E-state index contributed by atoms with van der Waals surface area (Å²) in [6.07, 6.45) is 1.56. The molecule has 0 aliphatic rings. The Balaban J connectivity index is 2.64. The molecule has 0 aliphatic carbocycles. The molecule has 1 N–H and O–H groups in total. The number of hydrogen-bond acceptors (Lipinski definition) is 7. The summed E-state index contributed by atoms with van der Waals surface area (Å²) in [5.74, 6) is -2.44. The number of aromatic nitrogens is 3. The molecule has 0 bridgehead atoms. The lowest BCUT2D eigenvalue weighted by Gasteiger charge is -2.18. The molecule has 146 valence electrons. The van der Waals surface area contributed by atoms with Crippen molar-refractivity contribution in [3.8, 4) is 17.3 Å². The number of ether oxygens (including phenoxy) is 1. The number of pyridine rings is 3. The van der Waals surface area contributed by atoms with Crippen molar-refractivity contribution in [1.29, 1.82) is 0 Å². The van der Waals surface area contributed by atoms with Crippen molar-refractivity contribution in [1.82, 2.24) is 14.5 Å². The topological polar surface area (TPSA) is 120 Å². The van der Waals surface area contributed by atoms with Gasteiger partial charge < -0.3 is 9.84 Å². The summed E-state index contributed by atoms with van der Waals surface area (Å²) in [5, 5.41) is 21.5. The van der Waals surface area contributed by atoms with Crippen molar-refractivity contribution < 1.29 is 19.2 Å². The zero-order chi connectivity index (χ0) is 20.7. The van der Waals surface area contributed by atoms with E-state index in [2.05, 4.69) is 9.97 Å². The van der Waals surface area contributed by atoms with Gasteiger partial charge >= 0.3 is 11.2 Å². The van der Waals surface area contributed by atoms with Crippen LogP contribution in [-0.4, -0.2) is 31.7 Å². The van der Waals surface area contributed by atoms with E-state index in [4.69, 9.17) is 4.74 Å². The summed E-state index contributed by atoms with van der Waals surface area (Å²) in [6, 6.07) is 2.49. The van der Waals surface area contributed by atoms with Crippen molar-refractivity contribution in [2.24, 2.45) is 0 Å². The number of hydrogen-bond donors (Lipinski definition) is 1. The molecule has 0 spiro atoms. The van der Waals surface area contributed by atoms with Gasteiger partial charge in [-0.1, -0.05) is 13.8 Å². The standard InChI is InChI=1S/C18H17FN4O5/c1-8(2)12-13(9(3)5-6-20-12)22-16-10(7-11(19)17(21-16)28-4)15(24)14(18(22)25)23(26)27/h5-8,24H,1-4H3. The first kappa shape index (κ1) is 19.2. The van der Waals surface area contributed by atoms with Crippen LogP contribution in [0.25, 0.3) is 16.7 Å². The Kier molecular flexibility index (Phi) is 4.72. The van der Waals surface area contributed by atoms with Crippen LogP contribution in [0.3, 0.4) is 0 Å². The van der Waals surface area contributed by atoms with E-state index in [1.807, 2.05) is 13.8 Å². The predicted octanol–water partition coefficient (Wildman–Crippen LogP) is 2.97. The zero-order valence-corrected chi connectivity index (χ0v) is 15.6. The maximum absolute atomic E-state index is 14.2. The van der Waals surface area contributed by atoms with Gasteiger partial charge in [0, 0.05) is 6.20 Å². The van der Waals surface area contributed by atoms with Gasteiger partial charge in [0.25, 0.3) is 5.88 Å². The quantitative estimate of drug-likeness (QED) is 0.539. The molecule has 0 fully saturated rings. The number of fused-ring (bicyclic) bond motifs is 1. The smallest absolute Gasteiger partial charge is 0.376 e. The van der Waals surface area contributed by atoms with Crippen LogP contribution in [0.5, 0.6) is 11.6 Å². The van der Waals surface area contributed by atoms with Gasteiger partial charge in [0.2, 0.25) is 5.75 Å². The Morgan fingerprint density at radius 3 is 2.64 bits per heavy atom. The van der Waals surface area contributed by atoms with Gasteiger partial charge in [0.1, 0.15) is 0 Å². The van der Waals surface area contributed by atoms with E-state index in [9.17, 15) is 24.4 Å². The van der Waals surface area contributed by atoms with E-state index in [0.717, 1.165) is 10.6 Å². The Labute approximate surface area is 158 Å². The summed E-state index contributed by atoms with van der Waals surface area (Å²) < 4.78 is 20.0. The van der Waals surface area contributed by atoms with Crippen LogP contribution < -0.4 is 10.3 Å². The van der Waals surface area contributed by atoms with E-state index in [1.165, 1.54) is 7.11 Å². The molecule has 0 saturated heterocycles. The lowest BCUT2D eigenvalue weighted by Crippen LogP contribution is -2.25. The SMILES string of the molecule is COc1nc2c(cc1F)c(O)c([N+](=O)[O-])c(=O)n2-c1c(C)ccnc1C(C)C. The first-order valence-electron chi connectivity index (χ1n) is 8.31. The minimum Gasteiger partial charge on any atom is -0.501 e. The van der Waals surface area contributed by atoms with E-state index < -0.39 is 33.6 Å². The highest BCUT2D eigenvalue weighted by molar-refractivity contribution is 5.88. The highest BCUT2D eigenvalue weighted by Gasteiger charge is 2.30. The number of halogens is 1. The molecular weight excluding hydrogens is 371 g/mol. The van der Waals surface area contributed by atoms with Crippen LogP contribution in [0.15, 0.2) is 23.1 Å². The molecule has 0 aliphatic heterocycles. The van der Waals surface area contributed by atoms with Gasteiger partial charge in [-0.25, -0.2) is 4.39 Å².